The minimum absolute atomic E-state index is 0.0408. The van der Waals surface area contributed by atoms with Gasteiger partial charge in [0.05, 0.1) is 6.54 Å². The van der Waals surface area contributed by atoms with E-state index in [1.165, 1.54) is 0 Å². The standard InChI is InChI=1S/C11H21F2N/c1-9(2)4-6-14-7-5-10(3)11(12,13)8-14/h9-10H,4-8H2,1-3H3. The first-order valence-electron chi connectivity index (χ1n) is 5.52. The molecule has 1 saturated heterocycles. The Morgan fingerprint density at radius 3 is 2.57 bits per heavy atom. The zero-order valence-corrected chi connectivity index (χ0v) is 9.39. The molecule has 0 aromatic heterocycles. The number of halogens is 2. The van der Waals surface area contributed by atoms with Gasteiger partial charge in [-0.25, -0.2) is 8.78 Å². The predicted molar refractivity (Wildman–Crippen MR) is 54.6 cm³/mol. The van der Waals surface area contributed by atoms with Crippen LogP contribution in [0.2, 0.25) is 0 Å². The summed E-state index contributed by atoms with van der Waals surface area (Å²) in [7, 11) is 0. The van der Waals surface area contributed by atoms with Crippen LogP contribution in [0.3, 0.4) is 0 Å². The van der Waals surface area contributed by atoms with Gasteiger partial charge in [0, 0.05) is 5.92 Å². The quantitative estimate of drug-likeness (QED) is 0.684. The molecular weight excluding hydrogens is 184 g/mol. The molecule has 1 heterocycles. The second-order valence-corrected chi connectivity index (χ2v) is 4.91. The van der Waals surface area contributed by atoms with Crippen LogP contribution < -0.4 is 0 Å². The fourth-order valence-corrected chi connectivity index (χ4v) is 1.75. The first kappa shape index (κ1) is 11.9. The Kier molecular flexibility index (Phi) is 3.87. The molecule has 0 aromatic carbocycles. The van der Waals surface area contributed by atoms with Gasteiger partial charge < -0.3 is 0 Å². The molecule has 1 nitrogen and oxygen atoms in total. The van der Waals surface area contributed by atoms with Gasteiger partial charge in [-0.15, -0.1) is 0 Å². The lowest BCUT2D eigenvalue weighted by Gasteiger charge is -2.37. The van der Waals surface area contributed by atoms with Crippen molar-refractivity contribution in [3.63, 3.8) is 0 Å². The van der Waals surface area contributed by atoms with E-state index >= 15 is 0 Å². The summed E-state index contributed by atoms with van der Waals surface area (Å²) in [5.74, 6) is -2.32. The van der Waals surface area contributed by atoms with E-state index in [0.717, 1.165) is 19.5 Å². The average molecular weight is 205 g/mol. The van der Waals surface area contributed by atoms with Gasteiger partial charge in [0.1, 0.15) is 0 Å². The van der Waals surface area contributed by atoms with Crippen molar-refractivity contribution in [1.82, 2.24) is 4.90 Å². The lowest BCUT2D eigenvalue weighted by Crippen LogP contribution is -2.47. The Hall–Kier alpha value is -0.180. The van der Waals surface area contributed by atoms with Crippen molar-refractivity contribution < 1.29 is 8.78 Å². The first-order valence-corrected chi connectivity index (χ1v) is 5.52. The fraction of sp³-hybridized carbons (Fsp3) is 1.00. The van der Waals surface area contributed by atoms with Crippen LogP contribution in [0, 0.1) is 11.8 Å². The molecule has 0 spiro atoms. The van der Waals surface area contributed by atoms with Gasteiger partial charge in [-0.1, -0.05) is 20.8 Å². The molecule has 0 saturated carbocycles. The highest BCUT2D eigenvalue weighted by Gasteiger charge is 2.41. The topological polar surface area (TPSA) is 3.24 Å². The highest BCUT2D eigenvalue weighted by atomic mass is 19.3. The van der Waals surface area contributed by atoms with Gasteiger partial charge in [-0.2, -0.15) is 0 Å². The molecule has 14 heavy (non-hydrogen) atoms. The number of rotatable bonds is 3. The lowest BCUT2D eigenvalue weighted by molar-refractivity contribution is -0.105. The summed E-state index contributed by atoms with van der Waals surface area (Å²) in [6, 6.07) is 0. The number of hydrogen-bond donors (Lipinski definition) is 0. The van der Waals surface area contributed by atoms with Crippen LogP contribution in [0.5, 0.6) is 0 Å². The lowest BCUT2D eigenvalue weighted by atomic mass is 9.94. The molecule has 3 heteroatoms. The highest BCUT2D eigenvalue weighted by molar-refractivity contribution is 4.84. The number of hydrogen-bond acceptors (Lipinski definition) is 1. The molecule has 0 aliphatic carbocycles. The summed E-state index contributed by atoms with van der Waals surface area (Å²) in [6.07, 6.45) is 1.65. The number of likely N-dealkylation sites (tertiary alicyclic amines) is 1. The maximum atomic E-state index is 13.3. The summed E-state index contributed by atoms with van der Waals surface area (Å²) in [6.45, 7) is 7.53. The average Bonchev–Trinajstić information content (AvgIpc) is 2.07. The second kappa shape index (κ2) is 4.56. The molecule has 0 aromatic rings. The van der Waals surface area contributed by atoms with Crippen LogP contribution >= 0.6 is 0 Å². The molecule has 1 fully saturated rings. The minimum atomic E-state index is -2.48. The highest BCUT2D eigenvalue weighted by Crippen LogP contribution is 2.32. The Morgan fingerprint density at radius 1 is 1.43 bits per heavy atom. The van der Waals surface area contributed by atoms with Gasteiger partial charge >= 0.3 is 0 Å². The van der Waals surface area contributed by atoms with Gasteiger partial charge in [0.15, 0.2) is 0 Å². The minimum Gasteiger partial charge on any atom is -0.297 e. The van der Waals surface area contributed by atoms with Gasteiger partial charge in [0.2, 0.25) is 0 Å². The van der Waals surface area contributed by atoms with Gasteiger partial charge in [-0.05, 0) is 31.8 Å². The molecule has 1 aliphatic heterocycles. The smallest absolute Gasteiger partial charge is 0.263 e. The zero-order valence-electron chi connectivity index (χ0n) is 9.39. The van der Waals surface area contributed by atoms with Crippen molar-refractivity contribution >= 4 is 0 Å². The molecule has 0 radical (unpaired) electrons. The molecule has 1 aliphatic rings. The van der Waals surface area contributed by atoms with E-state index < -0.39 is 11.8 Å². The van der Waals surface area contributed by atoms with Crippen LogP contribution in [-0.4, -0.2) is 30.5 Å². The Balaban J connectivity index is 2.36. The molecular formula is C11H21F2N. The third-order valence-corrected chi connectivity index (χ3v) is 3.06. The van der Waals surface area contributed by atoms with Crippen LogP contribution in [0.1, 0.15) is 33.6 Å². The number of alkyl halides is 2. The van der Waals surface area contributed by atoms with E-state index in [1.807, 2.05) is 4.90 Å². The van der Waals surface area contributed by atoms with E-state index in [0.29, 0.717) is 12.3 Å². The van der Waals surface area contributed by atoms with E-state index in [4.69, 9.17) is 0 Å². The Bertz CT molecular complexity index is 180. The third kappa shape index (κ3) is 3.19. The monoisotopic (exact) mass is 205 g/mol. The molecule has 1 rings (SSSR count). The van der Waals surface area contributed by atoms with Crippen LogP contribution in [0.25, 0.3) is 0 Å². The van der Waals surface area contributed by atoms with Gasteiger partial charge in [0.25, 0.3) is 5.92 Å². The normalized spacial score (nSPS) is 28.3. The molecule has 0 amide bonds. The zero-order chi connectivity index (χ0) is 10.8. The van der Waals surface area contributed by atoms with Crippen molar-refractivity contribution in [3.05, 3.63) is 0 Å². The van der Waals surface area contributed by atoms with E-state index in [2.05, 4.69) is 13.8 Å². The molecule has 1 atom stereocenters. The predicted octanol–water partition coefficient (Wildman–Crippen LogP) is 3.01. The number of piperidine rings is 1. The van der Waals surface area contributed by atoms with Gasteiger partial charge in [-0.3, -0.25) is 4.90 Å². The maximum Gasteiger partial charge on any atom is 0.263 e. The van der Waals surface area contributed by atoms with E-state index in [1.54, 1.807) is 6.92 Å². The largest absolute Gasteiger partial charge is 0.297 e. The first-order chi connectivity index (χ1) is 6.42. The van der Waals surface area contributed by atoms with Crippen LogP contribution in [0.4, 0.5) is 8.78 Å². The van der Waals surface area contributed by atoms with Crippen molar-refractivity contribution in [1.29, 1.82) is 0 Å². The molecule has 1 unspecified atom stereocenters. The Labute approximate surface area is 85.5 Å². The SMILES string of the molecule is CC(C)CCN1CCC(C)C(F)(F)C1. The number of nitrogens with zero attached hydrogens (tertiary/aromatic N) is 1. The fourth-order valence-electron chi connectivity index (χ4n) is 1.75. The van der Waals surface area contributed by atoms with E-state index in [9.17, 15) is 8.78 Å². The molecule has 0 bridgehead atoms. The summed E-state index contributed by atoms with van der Waals surface area (Å²) in [4.78, 5) is 1.90. The second-order valence-electron chi connectivity index (χ2n) is 4.91. The summed E-state index contributed by atoms with van der Waals surface area (Å²) in [5.41, 5.74) is 0. The van der Waals surface area contributed by atoms with Crippen molar-refractivity contribution in [2.75, 3.05) is 19.6 Å². The van der Waals surface area contributed by atoms with Crippen LogP contribution in [0.15, 0.2) is 0 Å². The van der Waals surface area contributed by atoms with E-state index in [-0.39, 0.29) is 6.54 Å². The van der Waals surface area contributed by atoms with Crippen molar-refractivity contribution in [2.24, 2.45) is 11.8 Å². The van der Waals surface area contributed by atoms with Crippen LogP contribution in [-0.2, 0) is 0 Å². The summed E-state index contributed by atoms with van der Waals surface area (Å²) >= 11 is 0. The summed E-state index contributed by atoms with van der Waals surface area (Å²) < 4.78 is 26.7. The molecule has 84 valence electrons. The van der Waals surface area contributed by atoms with Crippen molar-refractivity contribution in [2.45, 2.75) is 39.5 Å². The third-order valence-electron chi connectivity index (χ3n) is 3.06. The Morgan fingerprint density at radius 2 is 2.07 bits per heavy atom. The molecule has 0 N–H and O–H groups in total. The maximum absolute atomic E-state index is 13.3. The summed E-state index contributed by atoms with van der Waals surface area (Å²) in [5, 5.41) is 0. The van der Waals surface area contributed by atoms with Crippen molar-refractivity contribution in [3.8, 4) is 0 Å².